The minimum atomic E-state index is -2.07. The van der Waals surface area contributed by atoms with Gasteiger partial charge in [-0.1, -0.05) is 0 Å². The molecule has 0 bridgehead atoms. The van der Waals surface area contributed by atoms with Gasteiger partial charge in [-0.15, -0.1) is 0 Å². The van der Waals surface area contributed by atoms with E-state index in [1.165, 1.54) is 0 Å². The molecule has 0 aliphatic heterocycles. The lowest BCUT2D eigenvalue weighted by Gasteiger charge is -2.02. The van der Waals surface area contributed by atoms with Crippen LogP contribution in [0.15, 0.2) is 6.07 Å². The first-order valence-corrected chi connectivity index (χ1v) is 4.24. The zero-order valence-electron chi connectivity index (χ0n) is 8.67. The maximum absolute atomic E-state index is 10.8. The number of phenols is 1. The third-order valence-electron chi connectivity index (χ3n) is 2.02. The van der Waals surface area contributed by atoms with Crippen molar-refractivity contribution in [2.75, 3.05) is 0 Å². The predicted octanol–water partition coefficient (Wildman–Crippen LogP) is 0.815. The second kappa shape index (κ2) is 4.52. The Kier molecular flexibility index (Phi) is 3.27. The van der Waals surface area contributed by atoms with Crippen molar-refractivity contribution in [1.29, 1.82) is 0 Å². The second-order valence-corrected chi connectivity index (χ2v) is 3.06. The molecule has 19 heavy (non-hydrogen) atoms. The Morgan fingerprint density at radius 1 is 1.00 bits per heavy atom. The van der Waals surface area contributed by atoms with Crippen LogP contribution >= 0.6 is 0 Å². The molecule has 0 aliphatic carbocycles. The molecule has 0 fully saturated rings. The molecule has 0 amide bonds. The molecule has 0 heterocycles. The van der Waals surface area contributed by atoms with Crippen LogP contribution in [0.25, 0.3) is 0 Å². The van der Waals surface area contributed by atoms with Gasteiger partial charge in [0.05, 0.1) is 20.8 Å². The molecule has 0 atom stereocenters. The Bertz CT molecular complexity index is 623. The quantitative estimate of drug-likeness (QED) is 0.590. The van der Waals surface area contributed by atoms with Crippen LogP contribution in [-0.4, -0.2) is 31.0 Å². The van der Waals surface area contributed by atoms with Crippen LogP contribution in [0, 0.1) is 30.3 Å². The fourth-order valence-corrected chi connectivity index (χ4v) is 1.30. The van der Waals surface area contributed by atoms with E-state index in [1.807, 2.05) is 0 Å². The van der Waals surface area contributed by atoms with Gasteiger partial charge in [0.1, 0.15) is 0 Å². The fourth-order valence-electron chi connectivity index (χ4n) is 1.30. The average molecular weight is 273 g/mol. The van der Waals surface area contributed by atoms with Crippen LogP contribution in [0.1, 0.15) is 10.4 Å². The highest BCUT2D eigenvalue weighted by atomic mass is 16.6. The molecule has 1 aromatic rings. The smallest absolute Gasteiger partial charge is 0.350 e. The van der Waals surface area contributed by atoms with Crippen molar-refractivity contribution in [2.45, 2.75) is 0 Å². The number of carboxylic acids is 1. The SMILES string of the molecule is O=C(O)c1c([N+](=O)[O-])cc([N+](=O)[O-])c(O)c1[N+](=O)[O-]. The summed E-state index contributed by atoms with van der Waals surface area (Å²) in [6.07, 6.45) is 0. The monoisotopic (exact) mass is 273 g/mol. The van der Waals surface area contributed by atoms with Crippen LogP contribution in [0.5, 0.6) is 5.75 Å². The van der Waals surface area contributed by atoms with Gasteiger partial charge >= 0.3 is 17.3 Å². The Morgan fingerprint density at radius 3 is 1.79 bits per heavy atom. The molecule has 0 aromatic heterocycles. The molecular formula is C7H3N3O9. The molecule has 0 radical (unpaired) electrons. The van der Waals surface area contributed by atoms with Gasteiger partial charge in [0.15, 0.2) is 0 Å². The molecule has 0 unspecified atom stereocenters. The van der Waals surface area contributed by atoms with E-state index in [4.69, 9.17) is 5.11 Å². The fraction of sp³-hybridized carbons (Fsp3) is 0. The van der Waals surface area contributed by atoms with Crippen LogP contribution in [-0.2, 0) is 0 Å². The van der Waals surface area contributed by atoms with Crippen LogP contribution in [0.3, 0.4) is 0 Å². The summed E-state index contributed by atoms with van der Waals surface area (Å²) in [7, 11) is 0. The molecule has 12 heteroatoms. The topological polar surface area (TPSA) is 187 Å². The van der Waals surface area contributed by atoms with Gasteiger partial charge in [-0.25, -0.2) is 4.79 Å². The number of nitrogens with zero attached hydrogens (tertiary/aromatic N) is 3. The van der Waals surface area contributed by atoms with Crippen LogP contribution in [0.2, 0.25) is 0 Å². The molecule has 1 aromatic carbocycles. The zero-order valence-corrected chi connectivity index (χ0v) is 8.67. The summed E-state index contributed by atoms with van der Waals surface area (Å²) in [5.74, 6) is -3.62. The summed E-state index contributed by atoms with van der Waals surface area (Å²) >= 11 is 0. The van der Waals surface area contributed by atoms with Crippen molar-refractivity contribution in [3.05, 3.63) is 42.0 Å². The molecule has 0 aliphatic rings. The Hall–Kier alpha value is -3.31. The highest BCUT2D eigenvalue weighted by Crippen LogP contribution is 2.43. The number of carbonyl (C=O) groups is 1. The van der Waals surface area contributed by atoms with Gasteiger partial charge in [-0.3, -0.25) is 30.3 Å². The van der Waals surface area contributed by atoms with E-state index in [9.17, 15) is 40.2 Å². The van der Waals surface area contributed by atoms with Gasteiger partial charge < -0.3 is 10.2 Å². The highest BCUT2D eigenvalue weighted by molar-refractivity contribution is 5.99. The third kappa shape index (κ3) is 2.21. The first-order chi connectivity index (χ1) is 8.68. The molecule has 1 rings (SSSR count). The molecule has 0 saturated heterocycles. The van der Waals surface area contributed by atoms with Crippen molar-refractivity contribution in [2.24, 2.45) is 0 Å². The van der Waals surface area contributed by atoms with E-state index in [0.29, 0.717) is 0 Å². The van der Waals surface area contributed by atoms with Gasteiger partial charge in [0.25, 0.3) is 11.4 Å². The Labute approximate surface area is 102 Å². The summed E-state index contributed by atoms with van der Waals surface area (Å²) in [5, 5.41) is 49.7. The summed E-state index contributed by atoms with van der Waals surface area (Å²) in [4.78, 5) is 38.5. The number of carboxylic acid groups (broad SMARTS) is 1. The normalized spacial score (nSPS) is 9.89. The van der Waals surface area contributed by atoms with E-state index in [2.05, 4.69) is 0 Å². The number of aromatic hydroxyl groups is 1. The maximum atomic E-state index is 10.8. The first kappa shape index (κ1) is 13.8. The highest BCUT2D eigenvalue weighted by Gasteiger charge is 2.40. The maximum Gasteiger partial charge on any atom is 0.350 e. The van der Waals surface area contributed by atoms with Gasteiger partial charge in [-0.05, 0) is 0 Å². The van der Waals surface area contributed by atoms with Crippen LogP contribution in [0.4, 0.5) is 17.1 Å². The van der Waals surface area contributed by atoms with E-state index in [1.54, 1.807) is 0 Å². The minimum Gasteiger partial charge on any atom is -0.497 e. The standard InChI is InChI=1S/C7H3N3O9/c11-6-3(9(16)17)1-2(8(14)15)4(7(12)13)5(6)10(18)19/h1,11H,(H,12,13). The van der Waals surface area contributed by atoms with Crippen molar-refractivity contribution < 1.29 is 29.8 Å². The number of aromatic carboxylic acids is 1. The zero-order chi connectivity index (χ0) is 14.9. The summed E-state index contributed by atoms with van der Waals surface area (Å²) in [6, 6.07) is 0.145. The molecule has 100 valence electrons. The molecule has 0 saturated carbocycles. The summed E-state index contributed by atoms with van der Waals surface area (Å²) in [5.41, 5.74) is -5.72. The van der Waals surface area contributed by atoms with Crippen molar-refractivity contribution >= 4 is 23.0 Å². The lowest BCUT2D eigenvalue weighted by atomic mass is 10.1. The van der Waals surface area contributed by atoms with Gasteiger partial charge in [0, 0.05) is 0 Å². The summed E-state index contributed by atoms with van der Waals surface area (Å²) in [6.45, 7) is 0. The largest absolute Gasteiger partial charge is 0.497 e. The second-order valence-electron chi connectivity index (χ2n) is 3.06. The number of nitro groups is 3. The third-order valence-corrected chi connectivity index (χ3v) is 2.02. The van der Waals surface area contributed by atoms with Crippen LogP contribution < -0.4 is 0 Å². The van der Waals surface area contributed by atoms with Crippen molar-refractivity contribution in [3.63, 3.8) is 0 Å². The lowest BCUT2D eigenvalue weighted by Crippen LogP contribution is -2.08. The van der Waals surface area contributed by atoms with Gasteiger partial charge in [-0.2, -0.15) is 0 Å². The predicted molar refractivity (Wildman–Crippen MR) is 55.0 cm³/mol. The van der Waals surface area contributed by atoms with Crippen molar-refractivity contribution in [1.82, 2.24) is 0 Å². The average Bonchev–Trinajstić information content (AvgIpc) is 2.26. The number of hydrogen-bond acceptors (Lipinski definition) is 8. The van der Waals surface area contributed by atoms with Gasteiger partial charge in [0.2, 0.25) is 5.56 Å². The Balaban J connectivity index is 3.94. The van der Waals surface area contributed by atoms with E-state index in [0.717, 1.165) is 0 Å². The first-order valence-electron chi connectivity index (χ1n) is 4.24. The number of hydrogen-bond donors (Lipinski definition) is 2. The molecular weight excluding hydrogens is 270 g/mol. The lowest BCUT2D eigenvalue weighted by molar-refractivity contribution is -0.404. The number of benzene rings is 1. The van der Waals surface area contributed by atoms with E-state index >= 15 is 0 Å². The molecule has 12 nitrogen and oxygen atoms in total. The molecule has 2 N–H and O–H groups in total. The number of nitro benzene ring substituents is 3. The number of rotatable bonds is 4. The van der Waals surface area contributed by atoms with E-state index < -0.39 is 49.1 Å². The van der Waals surface area contributed by atoms with E-state index in [-0.39, 0.29) is 6.07 Å². The summed E-state index contributed by atoms with van der Waals surface area (Å²) < 4.78 is 0. The molecule has 0 spiro atoms. The minimum absolute atomic E-state index is 0.145. The van der Waals surface area contributed by atoms with Crippen molar-refractivity contribution in [3.8, 4) is 5.75 Å². The number of phenolic OH excluding ortho intramolecular Hbond substituents is 1. The Morgan fingerprint density at radius 2 is 1.47 bits per heavy atom.